The Bertz CT molecular complexity index is 1280. The van der Waals surface area contributed by atoms with E-state index in [9.17, 15) is 8.42 Å². The van der Waals surface area contributed by atoms with Crippen molar-refractivity contribution in [3.63, 3.8) is 0 Å². The van der Waals surface area contributed by atoms with E-state index in [4.69, 9.17) is 8.94 Å². The average molecular weight is 458 g/mol. The van der Waals surface area contributed by atoms with Gasteiger partial charge in [-0.05, 0) is 19.1 Å². The highest BCUT2D eigenvalue weighted by Crippen LogP contribution is 2.34. The van der Waals surface area contributed by atoms with Gasteiger partial charge in [0.25, 0.3) is 5.89 Å². The van der Waals surface area contributed by atoms with Crippen molar-refractivity contribution in [3.8, 4) is 22.7 Å². The maximum atomic E-state index is 12.1. The molecule has 160 valence electrons. The Morgan fingerprint density at radius 3 is 2.52 bits per heavy atom. The van der Waals surface area contributed by atoms with Gasteiger partial charge in [-0.3, -0.25) is 0 Å². The van der Waals surface area contributed by atoms with Crippen LogP contribution in [0.3, 0.4) is 0 Å². The lowest BCUT2D eigenvalue weighted by Gasteiger charge is -2.10. The van der Waals surface area contributed by atoms with Crippen LogP contribution in [0.1, 0.15) is 11.7 Å². The van der Waals surface area contributed by atoms with Crippen LogP contribution in [-0.2, 0) is 15.8 Å². The molecule has 9 nitrogen and oxygen atoms in total. The molecule has 0 aliphatic carbocycles. The molecule has 0 spiro atoms. The lowest BCUT2D eigenvalue weighted by molar-refractivity contribution is 0.399. The first-order valence-corrected chi connectivity index (χ1v) is 11.6. The van der Waals surface area contributed by atoms with Crippen molar-refractivity contribution in [2.75, 3.05) is 14.1 Å². The van der Waals surface area contributed by atoms with Crippen LogP contribution in [0.5, 0.6) is 0 Å². The molecule has 0 radical (unpaired) electrons. The Morgan fingerprint density at radius 2 is 1.84 bits per heavy atom. The van der Waals surface area contributed by atoms with E-state index in [0.29, 0.717) is 39.6 Å². The minimum absolute atomic E-state index is 0.137. The number of hydrogen-bond acceptors (Lipinski definition) is 9. The quantitative estimate of drug-likeness (QED) is 0.384. The van der Waals surface area contributed by atoms with Gasteiger partial charge in [0.15, 0.2) is 0 Å². The van der Waals surface area contributed by atoms with Gasteiger partial charge in [0.1, 0.15) is 21.9 Å². The van der Waals surface area contributed by atoms with Crippen molar-refractivity contribution < 1.29 is 17.4 Å². The first-order chi connectivity index (χ1) is 14.9. The molecule has 0 atom stereocenters. The fraction of sp³-hybridized carbons (Fsp3) is 0.200. The van der Waals surface area contributed by atoms with Crippen molar-refractivity contribution in [3.05, 3.63) is 60.3 Å². The van der Waals surface area contributed by atoms with Crippen LogP contribution < -0.4 is 0 Å². The average Bonchev–Trinajstić information content (AvgIpc) is 3.39. The van der Waals surface area contributed by atoms with Gasteiger partial charge in [0.05, 0.1) is 10.8 Å². The fourth-order valence-corrected chi connectivity index (χ4v) is 4.31. The van der Waals surface area contributed by atoms with Crippen LogP contribution in [0, 0.1) is 6.92 Å². The highest BCUT2D eigenvalue weighted by atomic mass is 32.2. The molecule has 4 aromatic rings. The first-order valence-electron chi connectivity index (χ1n) is 9.22. The molecule has 3 aromatic heterocycles. The van der Waals surface area contributed by atoms with E-state index in [-0.39, 0.29) is 4.90 Å². The van der Waals surface area contributed by atoms with Crippen LogP contribution in [0.15, 0.2) is 67.5 Å². The van der Waals surface area contributed by atoms with E-state index in [1.807, 2.05) is 30.3 Å². The second kappa shape index (κ2) is 8.61. The summed E-state index contributed by atoms with van der Waals surface area (Å²) in [4.78, 5) is 4.35. The smallest absolute Gasteiger partial charge is 0.253 e. The van der Waals surface area contributed by atoms with Gasteiger partial charge in [-0.2, -0.15) is 0 Å². The molecule has 11 heteroatoms. The van der Waals surface area contributed by atoms with Gasteiger partial charge in [0.2, 0.25) is 15.9 Å². The minimum Gasteiger partial charge on any atom is -0.420 e. The van der Waals surface area contributed by atoms with Crippen molar-refractivity contribution in [1.82, 2.24) is 24.6 Å². The van der Waals surface area contributed by atoms with Gasteiger partial charge in [-0.15, -0.1) is 10.2 Å². The van der Waals surface area contributed by atoms with Crippen LogP contribution in [0.4, 0.5) is 0 Å². The molecule has 0 aliphatic heterocycles. The molecular weight excluding hydrogens is 438 g/mol. The molecule has 0 amide bonds. The lowest BCUT2D eigenvalue weighted by atomic mass is 10.1. The van der Waals surface area contributed by atoms with Gasteiger partial charge in [0, 0.05) is 25.9 Å². The molecule has 0 fully saturated rings. The Labute approximate surface area is 183 Å². The summed E-state index contributed by atoms with van der Waals surface area (Å²) in [7, 11) is -0.552. The number of thioether (sulfide) groups is 1. The van der Waals surface area contributed by atoms with Crippen molar-refractivity contribution in [2.45, 2.75) is 22.6 Å². The largest absolute Gasteiger partial charge is 0.420 e. The zero-order chi connectivity index (χ0) is 22.0. The molecule has 0 bridgehead atoms. The molecule has 0 aliphatic rings. The number of rotatable bonds is 7. The second-order valence-electron chi connectivity index (χ2n) is 6.74. The number of aromatic nitrogens is 4. The number of aryl methyl sites for hydroxylation is 1. The SMILES string of the molecule is Cc1onc(-c2ccccc2)c1-c1nnc(CSc2ccc(S(=O)(=O)N(C)C)cn2)o1. The van der Waals surface area contributed by atoms with Crippen molar-refractivity contribution in [1.29, 1.82) is 0 Å². The Balaban J connectivity index is 1.50. The summed E-state index contributed by atoms with van der Waals surface area (Å²) in [5, 5.41) is 13.0. The molecule has 1 aromatic carbocycles. The van der Waals surface area contributed by atoms with E-state index in [0.717, 1.165) is 9.87 Å². The van der Waals surface area contributed by atoms with Crippen LogP contribution >= 0.6 is 11.8 Å². The van der Waals surface area contributed by atoms with E-state index < -0.39 is 10.0 Å². The van der Waals surface area contributed by atoms with Crippen LogP contribution in [0.2, 0.25) is 0 Å². The predicted molar refractivity (Wildman–Crippen MR) is 115 cm³/mol. The first kappa shape index (κ1) is 21.2. The van der Waals surface area contributed by atoms with Gasteiger partial charge >= 0.3 is 0 Å². The topological polar surface area (TPSA) is 115 Å². The Morgan fingerprint density at radius 1 is 1.06 bits per heavy atom. The fourth-order valence-electron chi connectivity index (χ4n) is 2.78. The minimum atomic E-state index is -3.51. The number of pyridine rings is 1. The third kappa shape index (κ3) is 4.38. The monoisotopic (exact) mass is 457 g/mol. The third-order valence-electron chi connectivity index (χ3n) is 4.42. The third-order valence-corrected chi connectivity index (χ3v) is 7.15. The van der Waals surface area contributed by atoms with Crippen LogP contribution in [-0.4, -0.2) is 47.2 Å². The maximum absolute atomic E-state index is 12.1. The predicted octanol–water partition coefficient (Wildman–Crippen LogP) is 3.64. The summed E-state index contributed by atoms with van der Waals surface area (Å²) in [6.45, 7) is 1.79. The molecule has 0 N–H and O–H groups in total. The maximum Gasteiger partial charge on any atom is 0.253 e. The summed E-state index contributed by atoms with van der Waals surface area (Å²) in [5.74, 6) is 1.70. The van der Waals surface area contributed by atoms with Gasteiger partial charge in [-0.1, -0.05) is 47.3 Å². The zero-order valence-corrected chi connectivity index (χ0v) is 18.6. The van der Waals surface area contributed by atoms with E-state index in [2.05, 4.69) is 20.3 Å². The summed E-state index contributed by atoms with van der Waals surface area (Å²) in [6.07, 6.45) is 1.34. The summed E-state index contributed by atoms with van der Waals surface area (Å²) >= 11 is 1.36. The van der Waals surface area contributed by atoms with Crippen molar-refractivity contribution >= 4 is 21.8 Å². The molecular formula is C20H19N5O4S2. The molecule has 3 heterocycles. The summed E-state index contributed by atoms with van der Waals surface area (Å²) < 4.78 is 36.6. The van der Waals surface area contributed by atoms with E-state index in [1.165, 1.54) is 38.1 Å². The molecule has 4 rings (SSSR count). The summed E-state index contributed by atoms with van der Waals surface area (Å²) in [6, 6.07) is 12.8. The Hall–Kier alpha value is -3.02. The van der Waals surface area contributed by atoms with E-state index >= 15 is 0 Å². The van der Waals surface area contributed by atoms with Crippen LogP contribution in [0.25, 0.3) is 22.7 Å². The lowest BCUT2D eigenvalue weighted by Crippen LogP contribution is -2.22. The number of nitrogens with zero attached hydrogens (tertiary/aromatic N) is 5. The van der Waals surface area contributed by atoms with Crippen molar-refractivity contribution in [2.24, 2.45) is 0 Å². The highest BCUT2D eigenvalue weighted by molar-refractivity contribution is 7.98. The number of hydrogen-bond donors (Lipinski definition) is 0. The molecule has 31 heavy (non-hydrogen) atoms. The number of sulfonamides is 1. The van der Waals surface area contributed by atoms with Gasteiger partial charge in [-0.25, -0.2) is 17.7 Å². The molecule has 0 saturated carbocycles. The Kier molecular flexibility index (Phi) is 5.90. The van der Waals surface area contributed by atoms with E-state index in [1.54, 1.807) is 13.0 Å². The number of benzene rings is 1. The van der Waals surface area contributed by atoms with Gasteiger partial charge < -0.3 is 8.94 Å². The highest BCUT2D eigenvalue weighted by Gasteiger charge is 2.22. The normalized spacial score (nSPS) is 11.9. The molecule has 0 saturated heterocycles. The second-order valence-corrected chi connectivity index (χ2v) is 9.89. The standard InChI is InChI=1S/C20H19N5O4S2/c1-13-18(19(24-29-13)14-7-5-4-6-8-14)20-23-22-16(28-20)12-30-17-10-9-15(11-21-17)31(26,27)25(2)3/h4-11H,12H2,1-3H3. The summed E-state index contributed by atoms with van der Waals surface area (Å²) in [5.41, 5.74) is 2.19. The molecule has 0 unspecified atom stereocenters. The zero-order valence-electron chi connectivity index (χ0n) is 17.0.